The van der Waals surface area contributed by atoms with Crippen LogP contribution in [-0.4, -0.2) is 4.98 Å². The van der Waals surface area contributed by atoms with Crippen molar-refractivity contribution in [3.05, 3.63) is 54.2 Å². The topological polar surface area (TPSA) is 48.1 Å². The molecule has 0 aliphatic carbocycles. The van der Waals surface area contributed by atoms with E-state index in [1.807, 2.05) is 44.2 Å². The van der Waals surface area contributed by atoms with E-state index in [1.54, 1.807) is 18.3 Å². The first-order valence-electron chi connectivity index (χ1n) is 5.54. The zero-order valence-electron chi connectivity index (χ0n) is 10.1. The van der Waals surface area contributed by atoms with Crippen LogP contribution in [0.5, 0.6) is 5.88 Å². The van der Waals surface area contributed by atoms with Crippen LogP contribution in [0, 0.1) is 0 Å². The van der Waals surface area contributed by atoms with Crippen LogP contribution in [-0.2, 0) is 5.60 Å². The number of aromatic nitrogens is 1. The molecule has 0 saturated heterocycles. The van der Waals surface area contributed by atoms with Gasteiger partial charge in [-0.2, -0.15) is 0 Å². The van der Waals surface area contributed by atoms with Crippen molar-refractivity contribution in [2.24, 2.45) is 0 Å². The smallest absolute Gasteiger partial charge is 0.238 e. The highest BCUT2D eigenvalue weighted by atomic mass is 16.5. The Hall–Kier alpha value is -2.03. The van der Waals surface area contributed by atoms with Crippen molar-refractivity contribution in [3.8, 4) is 5.88 Å². The Kier molecular flexibility index (Phi) is 3.00. The molecule has 2 N–H and O–H groups in total. The van der Waals surface area contributed by atoms with Gasteiger partial charge in [-0.25, -0.2) is 4.98 Å². The molecular formula is C14H16N2O. The van der Waals surface area contributed by atoms with E-state index < -0.39 is 5.60 Å². The van der Waals surface area contributed by atoms with Gasteiger partial charge in [0.15, 0.2) is 0 Å². The van der Waals surface area contributed by atoms with Crippen molar-refractivity contribution in [1.29, 1.82) is 0 Å². The largest absolute Gasteiger partial charge is 0.465 e. The number of nitrogens with two attached hydrogens (primary N) is 1. The van der Waals surface area contributed by atoms with Gasteiger partial charge in [0.1, 0.15) is 5.60 Å². The summed E-state index contributed by atoms with van der Waals surface area (Å²) in [5, 5.41) is 0. The fourth-order valence-corrected chi connectivity index (χ4v) is 1.63. The number of nitrogen functional groups attached to an aromatic ring is 1. The average molecular weight is 228 g/mol. The number of anilines is 1. The summed E-state index contributed by atoms with van der Waals surface area (Å²) < 4.78 is 5.88. The van der Waals surface area contributed by atoms with Crippen LogP contribution < -0.4 is 10.5 Å². The third kappa shape index (κ3) is 2.56. The molecule has 0 spiro atoms. The Labute approximate surface area is 101 Å². The normalized spacial score (nSPS) is 11.2. The van der Waals surface area contributed by atoms with Crippen molar-refractivity contribution in [2.45, 2.75) is 19.4 Å². The zero-order chi connectivity index (χ0) is 12.3. The molecule has 2 aromatic rings. The number of rotatable bonds is 3. The third-order valence-corrected chi connectivity index (χ3v) is 2.62. The Morgan fingerprint density at radius 2 is 1.76 bits per heavy atom. The van der Waals surface area contributed by atoms with Crippen LogP contribution in [0.3, 0.4) is 0 Å². The lowest BCUT2D eigenvalue weighted by atomic mass is 9.98. The second-order valence-corrected chi connectivity index (χ2v) is 4.38. The van der Waals surface area contributed by atoms with Crippen LogP contribution in [0.25, 0.3) is 0 Å². The molecular weight excluding hydrogens is 212 g/mol. The van der Waals surface area contributed by atoms with Gasteiger partial charge in [0.05, 0.1) is 5.69 Å². The van der Waals surface area contributed by atoms with E-state index in [-0.39, 0.29) is 0 Å². The standard InChI is InChI=1S/C14H16N2O/c1-14(2,11-7-4-3-5-8-11)17-13-12(15)9-6-10-16-13/h3-10H,15H2,1-2H3. The molecule has 0 bridgehead atoms. The Morgan fingerprint density at radius 1 is 1.06 bits per heavy atom. The van der Waals surface area contributed by atoms with Crippen LogP contribution >= 0.6 is 0 Å². The summed E-state index contributed by atoms with van der Waals surface area (Å²) in [7, 11) is 0. The third-order valence-electron chi connectivity index (χ3n) is 2.62. The van der Waals surface area contributed by atoms with E-state index in [9.17, 15) is 0 Å². The molecule has 17 heavy (non-hydrogen) atoms. The molecule has 3 heteroatoms. The monoisotopic (exact) mass is 228 g/mol. The molecule has 0 atom stereocenters. The maximum atomic E-state index is 5.88. The van der Waals surface area contributed by atoms with Gasteiger partial charge < -0.3 is 10.5 Å². The average Bonchev–Trinajstić information content (AvgIpc) is 2.33. The minimum absolute atomic E-state index is 0.455. The van der Waals surface area contributed by atoms with Gasteiger partial charge >= 0.3 is 0 Å². The highest BCUT2D eigenvalue weighted by molar-refractivity contribution is 5.47. The molecule has 1 aromatic carbocycles. The zero-order valence-corrected chi connectivity index (χ0v) is 10.1. The summed E-state index contributed by atoms with van der Waals surface area (Å²) in [6.07, 6.45) is 1.67. The van der Waals surface area contributed by atoms with Crippen LogP contribution in [0.4, 0.5) is 5.69 Å². The van der Waals surface area contributed by atoms with Gasteiger partial charge in [0.2, 0.25) is 5.88 Å². The summed E-state index contributed by atoms with van der Waals surface area (Å²) in [6.45, 7) is 3.99. The van der Waals surface area contributed by atoms with E-state index in [1.165, 1.54) is 0 Å². The van der Waals surface area contributed by atoms with Crippen molar-refractivity contribution in [2.75, 3.05) is 5.73 Å². The lowest BCUT2D eigenvalue weighted by molar-refractivity contribution is 0.103. The SMILES string of the molecule is CC(C)(Oc1ncccc1N)c1ccccc1. The van der Waals surface area contributed by atoms with Gasteiger partial charge in [-0.15, -0.1) is 0 Å². The van der Waals surface area contributed by atoms with E-state index in [0.29, 0.717) is 11.6 Å². The lowest BCUT2D eigenvalue weighted by Gasteiger charge is -2.26. The number of pyridine rings is 1. The Balaban J connectivity index is 2.27. The highest BCUT2D eigenvalue weighted by Gasteiger charge is 2.23. The molecule has 0 unspecified atom stereocenters. The van der Waals surface area contributed by atoms with Crippen molar-refractivity contribution < 1.29 is 4.74 Å². The van der Waals surface area contributed by atoms with Gasteiger partial charge in [-0.05, 0) is 31.5 Å². The van der Waals surface area contributed by atoms with Crippen LogP contribution in [0.15, 0.2) is 48.7 Å². The van der Waals surface area contributed by atoms with Gasteiger partial charge in [-0.1, -0.05) is 30.3 Å². The number of nitrogens with zero attached hydrogens (tertiary/aromatic N) is 1. The van der Waals surface area contributed by atoms with Crippen LogP contribution in [0.2, 0.25) is 0 Å². The first-order chi connectivity index (χ1) is 8.09. The van der Waals surface area contributed by atoms with Crippen molar-refractivity contribution in [1.82, 2.24) is 4.98 Å². The Morgan fingerprint density at radius 3 is 2.41 bits per heavy atom. The molecule has 2 rings (SSSR count). The predicted molar refractivity (Wildman–Crippen MR) is 68.7 cm³/mol. The van der Waals surface area contributed by atoms with E-state index in [0.717, 1.165) is 5.56 Å². The molecule has 0 fully saturated rings. The molecule has 0 radical (unpaired) electrons. The molecule has 0 aliphatic heterocycles. The maximum Gasteiger partial charge on any atom is 0.238 e. The van der Waals surface area contributed by atoms with E-state index in [2.05, 4.69) is 4.98 Å². The highest BCUT2D eigenvalue weighted by Crippen LogP contribution is 2.29. The summed E-state index contributed by atoms with van der Waals surface area (Å²) in [5.41, 5.74) is 7.00. The second-order valence-electron chi connectivity index (χ2n) is 4.38. The maximum absolute atomic E-state index is 5.88. The summed E-state index contributed by atoms with van der Waals surface area (Å²) in [5.74, 6) is 0.473. The minimum Gasteiger partial charge on any atom is -0.465 e. The summed E-state index contributed by atoms with van der Waals surface area (Å²) >= 11 is 0. The van der Waals surface area contributed by atoms with Crippen molar-refractivity contribution >= 4 is 5.69 Å². The van der Waals surface area contributed by atoms with Crippen molar-refractivity contribution in [3.63, 3.8) is 0 Å². The molecule has 0 amide bonds. The number of ether oxygens (including phenoxy) is 1. The molecule has 88 valence electrons. The van der Waals surface area contributed by atoms with Gasteiger partial charge in [0, 0.05) is 6.20 Å². The van der Waals surface area contributed by atoms with Gasteiger partial charge in [-0.3, -0.25) is 0 Å². The summed E-state index contributed by atoms with van der Waals surface area (Å²) in [6, 6.07) is 13.6. The second kappa shape index (κ2) is 4.45. The number of hydrogen-bond donors (Lipinski definition) is 1. The number of benzene rings is 1. The molecule has 0 saturated carbocycles. The fraction of sp³-hybridized carbons (Fsp3) is 0.214. The van der Waals surface area contributed by atoms with E-state index in [4.69, 9.17) is 10.5 Å². The number of hydrogen-bond acceptors (Lipinski definition) is 3. The minimum atomic E-state index is -0.455. The van der Waals surface area contributed by atoms with Gasteiger partial charge in [0.25, 0.3) is 0 Å². The first-order valence-corrected chi connectivity index (χ1v) is 5.54. The summed E-state index contributed by atoms with van der Waals surface area (Å²) in [4.78, 5) is 4.14. The van der Waals surface area contributed by atoms with Crippen LogP contribution in [0.1, 0.15) is 19.4 Å². The fourth-order valence-electron chi connectivity index (χ4n) is 1.63. The molecule has 1 heterocycles. The van der Waals surface area contributed by atoms with E-state index >= 15 is 0 Å². The molecule has 3 nitrogen and oxygen atoms in total. The molecule has 0 aliphatic rings. The first kappa shape index (κ1) is 11.5. The molecule has 1 aromatic heterocycles. The Bertz CT molecular complexity index is 495. The quantitative estimate of drug-likeness (QED) is 0.878. The predicted octanol–water partition coefficient (Wildman–Crippen LogP) is 2.98. The lowest BCUT2D eigenvalue weighted by Crippen LogP contribution is -2.26.